The van der Waals surface area contributed by atoms with Crippen molar-refractivity contribution in [3.8, 4) is 0 Å². The zero-order valence-corrected chi connectivity index (χ0v) is 13.0. The van der Waals surface area contributed by atoms with E-state index in [1.165, 1.54) is 6.07 Å². The summed E-state index contributed by atoms with van der Waals surface area (Å²) in [7, 11) is 0. The summed E-state index contributed by atoms with van der Waals surface area (Å²) in [6, 6.07) is 6.05. The lowest BCUT2D eigenvalue weighted by Gasteiger charge is -2.04. The van der Waals surface area contributed by atoms with Gasteiger partial charge in [0.1, 0.15) is 23.2 Å². The molecule has 0 atom stereocenters. The van der Waals surface area contributed by atoms with Crippen LogP contribution in [-0.4, -0.2) is 11.1 Å². The topological polar surface area (TPSA) is 68.3 Å². The van der Waals surface area contributed by atoms with Crippen LogP contribution in [0.5, 0.6) is 0 Å². The molecular weight excluding hydrogens is 318 g/mol. The van der Waals surface area contributed by atoms with Crippen LogP contribution in [0, 0.1) is 25.5 Å². The predicted octanol–water partition coefficient (Wildman–Crippen LogP) is 4.01. The highest BCUT2D eigenvalue weighted by Gasteiger charge is 2.16. The number of hydrogen-bond donors (Lipinski definition) is 1. The van der Waals surface area contributed by atoms with Gasteiger partial charge in [-0.25, -0.2) is 8.78 Å². The van der Waals surface area contributed by atoms with Crippen molar-refractivity contribution in [2.75, 3.05) is 5.32 Å². The maximum Gasteiger partial charge on any atom is 0.291 e. The number of carbonyl (C=O) groups is 1. The van der Waals surface area contributed by atoms with Gasteiger partial charge in [-0.3, -0.25) is 4.79 Å². The number of hydrogen-bond acceptors (Lipinski definition) is 4. The standard InChI is InChI=1S/C17H14F2N2O3/c1-9-13(10(2)24-21-9)8-12-4-6-16(23-12)17(22)20-15-5-3-11(18)7-14(15)19/h3-7H,8H2,1-2H3,(H,20,22). The molecule has 2 aromatic heterocycles. The number of aryl methyl sites for hydroxylation is 2. The maximum absolute atomic E-state index is 13.6. The Hall–Kier alpha value is -2.96. The molecule has 0 aliphatic carbocycles. The van der Waals surface area contributed by atoms with E-state index in [-0.39, 0.29) is 11.4 Å². The van der Waals surface area contributed by atoms with Crippen molar-refractivity contribution in [3.05, 3.63) is 70.5 Å². The molecule has 3 aromatic rings. The SMILES string of the molecule is Cc1noc(C)c1Cc1ccc(C(=O)Nc2ccc(F)cc2F)o1. The summed E-state index contributed by atoms with van der Waals surface area (Å²) in [6.07, 6.45) is 0.430. The first-order valence-corrected chi connectivity index (χ1v) is 7.21. The number of rotatable bonds is 4. The van der Waals surface area contributed by atoms with E-state index in [1.807, 2.05) is 6.92 Å². The van der Waals surface area contributed by atoms with E-state index in [9.17, 15) is 13.6 Å². The number of aromatic nitrogens is 1. The van der Waals surface area contributed by atoms with E-state index in [0.29, 0.717) is 24.0 Å². The second-order valence-electron chi connectivity index (χ2n) is 5.32. The summed E-state index contributed by atoms with van der Waals surface area (Å²) >= 11 is 0. The van der Waals surface area contributed by atoms with E-state index in [0.717, 1.165) is 23.4 Å². The fourth-order valence-electron chi connectivity index (χ4n) is 2.30. The number of amides is 1. The van der Waals surface area contributed by atoms with E-state index in [2.05, 4.69) is 10.5 Å². The minimum atomic E-state index is -0.856. The molecule has 5 nitrogen and oxygen atoms in total. The molecule has 24 heavy (non-hydrogen) atoms. The summed E-state index contributed by atoms with van der Waals surface area (Å²) in [5, 5.41) is 6.20. The van der Waals surface area contributed by atoms with Crippen molar-refractivity contribution < 1.29 is 22.5 Å². The molecule has 0 saturated carbocycles. The van der Waals surface area contributed by atoms with E-state index in [4.69, 9.17) is 8.94 Å². The lowest BCUT2D eigenvalue weighted by molar-refractivity contribution is 0.0994. The van der Waals surface area contributed by atoms with Crippen LogP contribution in [0.3, 0.4) is 0 Å². The van der Waals surface area contributed by atoms with Crippen LogP contribution in [-0.2, 0) is 6.42 Å². The van der Waals surface area contributed by atoms with Gasteiger partial charge in [0.05, 0.1) is 11.4 Å². The molecule has 0 fully saturated rings. The third kappa shape index (κ3) is 3.19. The number of furan rings is 1. The second-order valence-corrected chi connectivity index (χ2v) is 5.32. The Kier molecular flexibility index (Phi) is 4.16. The first-order chi connectivity index (χ1) is 11.4. The summed E-state index contributed by atoms with van der Waals surface area (Å²) in [6.45, 7) is 3.61. The number of anilines is 1. The van der Waals surface area contributed by atoms with Crippen LogP contribution in [0.4, 0.5) is 14.5 Å². The van der Waals surface area contributed by atoms with Crippen LogP contribution in [0.15, 0.2) is 39.3 Å². The van der Waals surface area contributed by atoms with Crippen molar-refractivity contribution in [1.82, 2.24) is 5.16 Å². The highest BCUT2D eigenvalue weighted by atomic mass is 19.1. The molecule has 7 heteroatoms. The quantitative estimate of drug-likeness (QED) is 0.784. The molecule has 1 amide bonds. The minimum absolute atomic E-state index is 0.0282. The average Bonchev–Trinajstić information content (AvgIpc) is 3.12. The Morgan fingerprint density at radius 3 is 2.67 bits per heavy atom. The fourth-order valence-corrected chi connectivity index (χ4v) is 2.30. The van der Waals surface area contributed by atoms with Gasteiger partial charge in [0.15, 0.2) is 5.76 Å². The highest BCUT2D eigenvalue weighted by molar-refractivity contribution is 6.02. The maximum atomic E-state index is 13.6. The van der Waals surface area contributed by atoms with E-state index in [1.54, 1.807) is 13.0 Å². The number of halogens is 2. The lowest BCUT2D eigenvalue weighted by atomic mass is 10.1. The highest BCUT2D eigenvalue weighted by Crippen LogP contribution is 2.20. The molecule has 1 aromatic carbocycles. The fraction of sp³-hybridized carbons (Fsp3) is 0.176. The van der Waals surface area contributed by atoms with E-state index < -0.39 is 17.5 Å². The third-order valence-corrected chi connectivity index (χ3v) is 3.60. The Bertz CT molecular complexity index is 880. The summed E-state index contributed by atoms with van der Waals surface area (Å²) in [5.74, 6) is -0.931. The number of nitrogens with zero attached hydrogens (tertiary/aromatic N) is 1. The summed E-state index contributed by atoms with van der Waals surface area (Å²) in [5.41, 5.74) is 1.52. The molecule has 0 aliphatic rings. The van der Waals surface area contributed by atoms with Crippen molar-refractivity contribution in [2.24, 2.45) is 0 Å². The molecule has 0 bridgehead atoms. The van der Waals surface area contributed by atoms with Crippen molar-refractivity contribution in [2.45, 2.75) is 20.3 Å². The Morgan fingerprint density at radius 1 is 1.21 bits per heavy atom. The number of carbonyl (C=O) groups excluding carboxylic acids is 1. The van der Waals surface area contributed by atoms with Crippen molar-refractivity contribution in [1.29, 1.82) is 0 Å². The monoisotopic (exact) mass is 332 g/mol. The molecule has 3 rings (SSSR count). The Morgan fingerprint density at radius 2 is 2.00 bits per heavy atom. The van der Waals surface area contributed by atoms with Crippen LogP contribution >= 0.6 is 0 Å². The van der Waals surface area contributed by atoms with Gasteiger partial charge in [0, 0.05) is 18.1 Å². The van der Waals surface area contributed by atoms with Gasteiger partial charge < -0.3 is 14.3 Å². The largest absolute Gasteiger partial charge is 0.456 e. The molecule has 124 valence electrons. The van der Waals surface area contributed by atoms with Crippen molar-refractivity contribution in [3.63, 3.8) is 0 Å². The van der Waals surface area contributed by atoms with Gasteiger partial charge in [-0.2, -0.15) is 0 Å². The van der Waals surface area contributed by atoms with Crippen LogP contribution in [0.25, 0.3) is 0 Å². The normalized spacial score (nSPS) is 10.8. The number of benzene rings is 1. The van der Waals surface area contributed by atoms with Gasteiger partial charge in [-0.1, -0.05) is 5.16 Å². The van der Waals surface area contributed by atoms with Crippen LogP contribution < -0.4 is 5.32 Å². The predicted molar refractivity (Wildman–Crippen MR) is 81.8 cm³/mol. The molecule has 0 aliphatic heterocycles. The van der Waals surface area contributed by atoms with Gasteiger partial charge >= 0.3 is 0 Å². The Balaban J connectivity index is 1.74. The molecule has 0 radical (unpaired) electrons. The Labute approximate surface area is 136 Å². The third-order valence-electron chi connectivity index (χ3n) is 3.60. The zero-order chi connectivity index (χ0) is 17.3. The average molecular weight is 332 g/mol. The molecule has 1 N–H and O–H groups in total. The van der Waals surface area contributed by atoms with Gasteiger partial charge in [0.2, 0.25) is 0 Å². The van der Waals surface area contributed by atoms with Crippen molar-refractivity contribution >= 4 is 11.6 Å². The van der Waals surface area contributed by atoms with Gasteiger partial charge in [-0.15, -0.1) is 0 Å². The molecular formula is C17H14F2N2O3. The molecule has 0 unspecified atom stereocenters. The number of nitrogens with one attached hydrogen (secondary N) is 1. The van der Waals surface area contributed by atoms with Crippen LogP contribution in [0.2, 0.25) is 0 Å². The molecule has 0 saturated heterocycles. The summed E-state index contributed by atoms with van der Waals surface area (Å²) < 4.78 is 37.0. The lowest BCUT2D eigenvalue weighted by Crippen LogP contribution is -2.12. The van der Waals surface area contributed by atoms with Gasteiger partial charge in [-0.05, 0) is 38.1 Å². The van der Waals surface area contributed by atoms with Crippen LogP contribution in [0.1, 0.15) is 33.3 Å². The zero-order valence-electron chi connectivity index (χ0n) is 13.0. The van der Waals surface area contributed by atoms with Gasteiger partial charge in [0.25, 0.3) is 5.91 Å². The smallest absolute Gasteiger partial charge is 0.291 e. The second kappa shape index (κ2) is 6.27. The minimum Gasteiger partial charge on any atom is -0.456 e. The molecule has 2 heterocycles. The summed E-state index contributed by atoms with van der Waals surface area (Å²) in [4.78, 5) is 12.1. The molecule has 0 spiro atoms. The van der Waals surface area contributed by atoms with E-state index >= 15 is 0 Å². The first kappa shape index (κ1) is 15.9. The first-order valence-electron chi connectivity index (χ1n) is 7.21.